The molecule has 1 fully saturated rings. The van der Waals surface area contributed by atoms with Gasteiger partial charge in [-0.3, -0.25) is 0 Å². The van der Waals surface area contributed by atoms with Gasteiger partial charge < -0.3 is 19.7 Å². The van der Waals surface area contributed by atoms with Crippen LogP contribution in [0.15, 0.2) is 18.2 Å². The van der Waals surface area contributed by atoms with Crippen LogP contribution in [0.3, 0.4) is 0 Å². The van der Waals surface area contributed by atoms with Crippen molar-refractivity contribution < 1.29 is 9.47 Å². The summed E-state index contributed by atoms with van der Waals surface area (Å²) in [6, 6.07) is 6.81. The highest BCUT2D eigenvalue weighted by Crippen LogP contribution is 2.24. The van der Waals surface area contributed by atoms with Crippen molar-refractivity contribution in [1.29, 1.82) is 0 Å². The van der Waals surface area contributed by atoms with Crippen LogP contribution >= 0.6 is 0 Å². The van der Waals surface area contributed by atoms with E-state index >= 15 is 0 Å². The van der Waals surface area contributed by atoms with E-state index in [0.717, 1.165) is 37.2 Å². The smallest absolute Gasteiger partial charge is 0.122 e. The summed E-state index contributed by atoms with van der Waals surface area (Å²) in [6.45, 7) is 2.95. The Morgan fingerprint density at radius 3 is 2.32 bits per heavy atom. The normalized spacial score (nSPS) is 14.7. The summed E-state index contributed by atoms with van der Waals surface area (Å²) in [5.41, 5.74) is 1.19. The molecule has 1 aliphatic carbocycles. The van der Waals surface area contributed by atoms with E-state index in [1.54, 1.807) is 14.2 Å². The highest BCUT2D eigenvalue weighted by molar-refractivity contribution is 5.38. The SMILES string of the molecule is COc1cc(CNCCN(C)C2CC2)cc(OC)c1. The van der Waals surface area contributed by atoms with Gasteiger partial charge in [-0.2, -0.15) is 0 Å². The summed E-state index contributed by atoms with van der Waals surface area (Å²) >= 11 is 0. The largest absolute Gasteiger partial charge is 0.497 e. The molecule has 0 radical (unpaired) electrons. The minimum Gasteiger partial charge on any atom is -0.497 e. The number of hydrogen-bond donors (Lipinski definition) is 1. The Labute approximate surface area is 115 Å². The number of ether oxygens (including phenoxy) is 2. The first-order valence-corrected chi connectivity index (χ1v) is 6.86. The maximum absolute atomic E-state index is 5.27. The van der Waals surface area contributed by atoms with Gasteiger partial charge in [-0.25, -0.2) is 0 Å². The second kappa shape index (κ2) is 6.78. The Morgan fingerprint density at radius 2 is 1.79 bits per heavy atom. The van der Waals surface area contributed by atoms with E-state index < -0.39 is 0 Å². The van der Waals surface area contributed by atoms with Crippen LogP contribution < -0.4 is 14.8 Å². The van der Waals surface area contributed by atoms with Gasteiger partial charge in [0.1, 0.15) is 11.5 Å². The van der Waals surface area contributed by atoms with Gasteiger partial charge in [0.05, 0.1) is 14.2 Å². The number of benzene rings is 1. The summed E-state index contributed by atoms with van der Waals surface area (Å²) in [5.74, 6) is 1.68. The summed E-state index contributed by atoms with van der Waals surface area (Å²) < 4.78 is 10.5. The molecule has 1 aliphatic rings. The molecule has 1 aromatic carbocycles. The molecule has 0 atom stereocenters. The monoisotopic (exact) mass is 264 g/mol. The first-order chi connectivity index (χ1) is 9.22. The average molecular weight is 264 g/mol. The summed E-state index contributed by atoms with van der Waals surface area (Å²) in [5, 5.41) is 3.47. The molecule has 0 spiro atoms. The Balaban J connectivity index is 1.77. The molecule has 1 N–H and O–H groups in total. The molecule has 0 saturated heterocycles. The highest BCUT2D eigenvalue weighted by atomic mass is 16.5. The summed E-state index contributed by atoms with van der Waals surface area (Å²) in [6.07, 6.45) is 2.73. The molecule has 4 nitrogen and oxygen atoms in total. The molecule has 0 aromatic heterocycles. The molecular formula is C15H24N2O2. The zero-order valence-corrected chi connectivity index (χ0v) is 12.1. The highest BCUT2D eigenvalue weighted by Gasteiger charge is 2.25. The van der Waals surface area contributed by atoms with Gasteiger partial charge in [0.2, 0.25) is 0 Å². The van der Waals surface area contributed by atoms with Crippen molar-refractivity contribution in [3.63, 3.8) is 0 Å². The van der Waals surface area contributed by atoms with Gasteiger partial charge in [-0.05, 0) is 37.6 Å². The maximum Gasteiger partial charge on any atom is 0.122 e. The molecule has 0 unspecified atom stereocenters. The Morgan fingerprint density at radius 1 is 1.16 bits per heavy atom. The molecule has 1 aromatic rings. The second-order valence-corrected chi connectivity index (χ2v) is 5.11. The third-order valence-corrected chi connectivity index (χ3v) is 3.55. The number of nitrogens with zero attached hydrogens (tertiary/aromatic N) is 1. The van der Waals surface area contributed by atoms with Crippen LogP contribution in [0.25, 0.3) is 0 Å². The number of methoxy groups -OCH3 is 2. The molecule has 0 amide bonds. The van der Waals surface area contributed by atoms with E-state index in [1.807, 2.05) is 18.2 Å². The van der Waals surface area contributed by atoms with E-state index in [4.69, 9.17) is 9.47 Å². The van der Waals surface area contributed by atoms with Crippen molar-refractivity contribution in [2.75, 3.05) is 34.4 Å². The number of rotatable bonds is 8. The molecule has 106 valence electrons. The van der Waals surface area contributed by atoms with Crippen molar-refractivity contribution >= 4 is 0 Å². The fourth-order valence-corrected chi connectivity index (χ4v) is 2.15. The lowest BCUT2D eigenvalue weighted by molar-refractivity contribution is 0.321. The van der Waals surface area contributed by atoms with Crippen molar-refractivity contribution in [2.45, 2.75) is 25.4 Å². The quantitative estimate of drug-likeness (QED) is 0.727. The fraction of sp³-hybridized carbons (Fsp3) is 0.600. The number of hydrogen-bond acceptors (Lipinski definition) is 4. The lowest BCUT2D eigenvalue weighted by Gasteiger charge is -2.16. The Bertz CT molecular complexity index is 383. The van der Waals surface area contributed by atoms with Gasteiger partial charge >= 0.3 is 0 Å². The maximum atomic E-state index is 5.27. The van der Waals surface area contributed by atoms with Crippen LogP contribution in [0.2, 0.25) is 0 Å². The average Bonchev–Trinajstić information content (AvgIpc) is 3.27. The van der Waals surface area contributed by atoms with Crippen LogP contribution in [-0.2, 0) is 6.54 Å². The van der Waals surface area contributed by atoms with Crippen LogP contribution in [0, 0.1) is 0 Å². The molecule has 2 rings (SSSR count). The first-order valence-electron chi connectivity index (χ1n) is 6.86. The van der Waals surface area contributed by atoms with E-state index in [9.17, 15) is 0 Å². The van der Waals surface area contributed by atoms with Crippen LogP contribution in [-0.4, -0.2) is 45.3 Å². The minimum atomic E-state index is 0.832. The number of nitrogens with one attached hydrogen (secondary N) is 1. The molecule has 0 heterocycles. The molecule has 1 saturated carbocycles. The first kappa shape index (κ1) is 14.2. The van der Waals surface area contributed by atoms with Gasteiger partial charge in [0.15, 0.2) is 0 Å². The lowest BCUT2D eigenvalue weighted by atomic mass is 10.2. The van der Waals surface area contributed by atoms with Crippen LogP contribution in [0.4, 0.5) is 0 Å². The molecule has 4 heteroatoms. The van der Waals surface area contributed by atoms with E-state index in [1.165, 1.54) is 18.4 Å². The second-order valence-electron chi connectivity index (χ2n) is 5.11. The minimum absolute atomic E-state index is 0.832. The molecule has 0 aliphatic heterocycles. The zero-order chi connectivity index (χ0) is 13.7. The van der Waals surface area contributed by atoms with Crippen LogP contribution in [0.1, 0.15) is 18.4 Å². The van der Waals surface area contributed by atoms with Gasteiger partial charge in [0, 0.05) is 31.7 Å². The van der Waals surface area contributed by atoms with E-state index in [2.05, 4.69) is 17.3 Å². The van der Waals surface area contributed by atoms with E-state index in [-0.39, 0.29) is 0 Å². The van der Waals surface area contributed by atoms with Crippen molar-refractivity contribution in [3.05, 3.63) is 23.8 Å². The van der Waals surface area contributed by atoms with Gasteiger partial charge in [0.25, 0.3) is 0 Å². The van der Waals surface area contributed by atoms with Crippen molar-refractivity contribution in [3.8, 4) is 11.5 Å². The summed E-state index contributed by atoms with van der Waals surface area (Å²) in [4.78, 5) is 2.43. The summed E-state index contributed by atoms with van der Waals surface area (Å²) in [7, 11) is 5.56. The fourth-order valence-electron chi connectivity index (χ4n) is 2.15. The van der Waals surface area contributed by atoms with E-state index in [0.29, 0.717) is 0 Å². The third-order valence-electron chi connectivity index (χ3n) is 3.55. The molecule has 19 heavy (non-hydrogen) atoms. The molecular weight excluding hydrogens is 240 g/mol. The van der Waals surface area contributed by atoms with Gasteiger partial charge in [-0.15, -0.1) is 0 Å². The Hall–Kier alpha value is -1.26. The Kier molecular flexibility index (Phi) is 5.05. The topological polar surface area (TPSA) is 33.7 Å². The van der Waals surface area contributed by atoms with Gasteiger partial charge in [-0.1, -0.05) is 0 Å². The number of likely N-dealkylation sites (N-methyl/N-ethyl adjacent to an activating group) is 1. The van der Waals surface area contributed by atoms with Crippen molar-refractivity contribution in [1.82, 2.24) is 10.2 Å². The van der Waals surface area contributed by atoms with Crippen LogP contribution in [0.5, 0.6) is 11.5 Å². The third kappa shape index (κ3) is 4.40. The zero-order valence-electron chi connectivity index (χ0n) is 12.1. The lowest BCUT2D eigenvalue weighted by Crippen LogP contribution is -2.30. The standard InChI is InChI=1S/C15H24N2O2/c1-17(13-4-5-13)7-6-16-11-12-8-14(18-2)10-15(9-12)19-3/h8-10,13,16H,4-7,11H2,1-3H3. The predicted octanol–water partition coefficient (Wildman–Crippen LogP) is 1.89. The predicted molar refractivity (Wildman–Crippen MR) is 76.9 cm³/mol. The molecule has 0 bridgehead atoms. The van der Waals surface area contributed by atoms with Crippen molar-refractivity contribution in [2.24, 2.45) is 0 Å².